The number of aromatic nitrogens is 2. The standard InChI is InChI=1S/C13H8F3N3O/c1-20-12-10(4-8(5-17)6-19-12)11-3-2-9(7-18-11)13(14,15)16/h2-4,6-7H,1H3. The molecule has 0 aliphatic carbocycles. The molecule has 2 aromatic heterocycles. The number of methoxy groups -OCH3 is 1. The van der Waals surface area contributed by atoms with E-state index in [-0.39, 0.29) is 17.1 Å². The summed E-state index contributed by atoms with van der Waals surface area (Å²) in [7, 11) is 1.38. The van der Waals surface area contributed by atoms with Crippen LogP contribution in [-0.4, -0.2) is 17.1 Å². The van der Waals surface area contributed by atoms with Gasteiger partial charge in [0.25, 0.3) is 0 Å². The second-order valence-electron chi connectivity index (χ2n) is 3.82. The lowest BCUT2D eigenvalue weighted by molar-refractivity contribution is -0.137. The summed E-state index contributed by atoms with van der Waals surface area (Å²) in [5.41, 5.74) is 0.0341. The predicted octanol–water partition coefficient (Wildman–Crippen LogP) is 3.04. The van der Waals surface area contributed by atoms with Crippen LogP contribution in [0.25, 0.3) is 11.3 Å². The van der Waals surface area contributed by atoms with Crippen LogP contribution in [0.2, 0.25) is 0 Å². The average molecular weight is 279 g/mol. The fourth-order valence-electron chi connectivity index (χ4n) is 1.58. The minimum atomic E-state index is -4.44. The molecule has 0 radical (unpaired) electrons. The third-order valence-electron chi connectivity index (χ3n) is 2.54. The van der Waals surface area contributed by atoms with Crippen molar-refractivity contribution in [3.05, 3.63) is 41.7 Å². The van der Waals surface area contributed by atoms with Gasteiger partial charge in [-0.25, -0.2) is 4.98 Å². The monoisotopic (exact) mass is 279 g/mol. The van der Waals surface area contributed by atoms with E-state index in [0.29, 0.717) is 5.56 Å². The molecule has 0 fully saturated rings. The van der Waals surface area contributed by atoms with E-state index < -0.39 is 11.7 Å². The van der Waals surface area contributed by atoms with Crippen LogP contribution < -0.4 is 4.74 Å². The number of hydrogen-bond donors (Lipinski definition) is 0. The highest BCUT2D eigenvalue weighted by Crippen LogP contribution is 2.31. The van der Waals surface area contributed by atoms with Crippen molar-refractivity contribution in [2.45, 2.75) is 6.18 Å². The first-order valence-corrected chi connectivity index (χ1v) is 5.43. The van der Waals surface area contributed by atoms with Gasteiger partial charge in [0.05, 0.1) is 29.5 Å². The number of halogens is 3. The van der Waals surface area contributed by atoms with Crippen molar-refractivity contribution in [3.63, 3.8) is 0 Å². The van der Waals surface area contributed by atoms with E-state index in [9.17, 15) is 13.2 Å². The summed E-state index contributed by atoms with van der Waals surface area (Å²) >= 11 is 0. The van der Waals surface area contributed by atoms with Gasteiger partial charge in [0.1, 0.15) is 6.07 Å². The highest BCUT2D eigenvalue weighted by atomic mass is 19.4. The quantitative estimate of drug-likeness (QED) is 0.847. The topological polar surface area (TPSA) is 58.8 Å². The number of rotatable bonds is 2. The summed E-state index contributed by atoms with van der Waals surface area (Å²) < 4.78 is 42.4. The molecule has 7 heteroatoms. The van der Waals surface area contributed by atoms with Crippen molar-refractivity contribution in [1.29, 1.82) is 5.26 Å². The molecule has 0 atom stereocenters. The van der Waals surface area contributed by atoms with Gasteiger partial charge in [-0.05, 0) is 18.2 Å². The number of pyridine rings is 2. The third-order valence-corrected chi connectivity index (χ3v) is 2.54. The van der Waals surface area contributed by atoms with Gasteiger partial charge in [-0.1, -0.05) is 0 Å². The van der Waals surface area contributed by atoms with E-state index >= 15 is 0 Å². The molecule has 0 aromatic carbocycles. The second-order valence-corrected chi connectivity index (χ2v) is 3.82. The van der Waals surface area contributed by atoms with Crippen LogP contribution in [0.5, 0.6) is 5.88 Å². The van der Waals surface area contributed by atoms with Gasteiger partial charge in [0.2, 0.25) is 5.88 Å². The molecule has 0 spiro atoms. The Hall–Kier alpha value is -2.62. The highest BCUT2D eigenvalue weighted by Gasteiger charge is 2.30. The summed E-state index contributed by atoms with van der Waals surface area (Å²) in [5, 5.41) is 8.82. The van der Waals surface area contributed by atoms with Crippen LogP contribution in [0.4, 0.5) is 13.2 Å². The lowest BCUT2D eigenvalue weighted by Gasteiger charge is -2.09. The zero-order valence-electron chi connectivity index (χ0n) is 10.3. The van der Waals surface area contributed by atoms with Crippen LogP contribution in [-0.2, 0) is 6.18 Å². The van der Waals surface area contributed by atoms with Gasteiger partial charge in [-0.15, -0.1) is 0 Å². The Labute approximate surface area is 112 Å². The number of nitriles is 1. The van der Waals surface area contributed by atoms with Crippen LogP contribution in [0.15, 0.2) is 30.6 Å². The largest absolute Gasteiger partial charge is 0.481 e. The molecule has 0 unspecified atom stereocenters. The van der Waals surface area contributed by atoms with Gasteiger partial charge in [-0.3, -0.25) is 4.98 Å². The maximum Gasteiger partial charge on any atom is 0.417 e. The van der Waals surface area contributed by atoms with E-state index in [1.54, 1.807) is 0 Å². The molecule has 2 aromatic rings. The molecule has 0 saturated heterocycles. The Kier molecular flexibility index (Phi) is 3.57. The van der Waals surface area contributed by atoms with Crippen molar-refractivity contribution < 1.29 is 17.9 Å². The zero-order valence-corrected chi connectivity index (χ0v) is 10.3. The fraction of sp³-hybridized carbons (Fsp3) is 0.154. The van der Waals surface area contributed by atoms with E-state index in [0.717, 1.165) is 12.3 Å². The Morgan fingerprint density at radius 3 is 2.45 bits per heavy atom. The van der Waals surface area contributed by atoms with Gasteiger partial charge in [0.15, 0.2) is 0 Å². The lowest BCUT2D eigenvalue weighted by Crippen LogP contribution is -2.05. The number of nitrogens with zero attached hydrogens (tertiary/aromatic N) is 3. The first-order valence-electron chi connectivity index (χ1n) is 5.43. The van der Waals surface area contributed by atoms with Gasteiger partial charge < -0.3 is 4.74 Å². The molecule has 0 amide bonds. The van der Waals surface area contributed by atoms with Crippen LogP contribution in [0, 0.1) is 11.3 Å². The highest BCUT2D eigenvalue weighted by molar-refractivity contribution is 5.66. The zero-order chi connectivity index (χ0) is 14.8. The maximum atomic E-state index is 12.5. The third kappa shape index (κ3) is 2.69. The Morgan fingerprint density at radius 1 is 1.20 bits per heavy atom. The number of alkyl halides is 3. The summed E-state index contributed by atoms with van der Waals surface area (Å²) in [6.45, 7) is 0. The first kappa shape index (κ1) is 13.8. The van der Waals surface area contributed by atoms with Gasteiger partial charge in [0, 0.05) is 12.4 Å². The molecule has 20 heavy (non-hydrogen) atoms. The van der Waals surface area contributed by atoms with Crippen LogP contribution in [0.3, 0.4) is 0 Å². The van der Waals surface area contributed by atoms with Crippen LogP contribution in [0.1, 0.15) is 11.1 Å². The molecular weight excluding hydrogens is 271 g/mol. The van der Waals surface area contributed by atoms with Crippen molar-refractivity contribution in [2.24, 2.45) is 0 Å². The maximum absolute atomic E-state index is 12.5. The Morgan fingerprint density at radius 2 is 1.95 bits per heavy atom. The number of ether oxygens (including phenoxy) is 1. The normalized spacial score (nSPS) is 10.9. The van der Waals surface area contributed by atoms with Gasteiger partial charge in [-0.2, -0.15) is 18.4 Å². The Balaban J connectivity index is 2.49. The predicted molar refractivity (Wildman–Crippen MR) is 63.7 cm³/mol. The average Bonchev–Trinajstić information content (AvgIpc) is 2.45. The molecule has 2 rings (SSSR count). The molecule has 102 valence electrons. The summed E-state index contributed by atoms with van der Waals surface area (Å²) in [4.78, 5) is 7.66. The van der Waals surface area contributed by atoms with Crippen molar-refractivity contribution in [1.82, 2.24) is 9.97 Å². The summed E-state index contributed by atoms with van der Waals surface area (Å²) in [6.07, 6.45) is -2.40. The molecule has 4 nitrogen and oxygen atoms in total. The molecule has 0 saturated carbocycles. The summed E-state index contributed by atoms with van der Waals surface area (Å²) in [5.74, 6) is 0.191. The van der Waals surface area contributed by atoms with Gasteiger partial charge >= 0.3 is 6.18 Å². The summed E-state index contributed by atoms with van der Waals surface area (Å²) in [6, 6.07) is 5.49. The second kappa shape index (κ2) is 5.17. The van der Waals surface area contributed by atoms with E-state index in [4.69, 9.17) is 10.00 Å². The van der Waals surface area contributed by atoms with Crippen molar-refractivity contribution in [3.8, 4) is 23.2 Å². The Bertz CT molecular complexity index is 660. The minimum absolute atomic E-state index is 0.191. The molecule has 0 N–H and O–H groups in total. The molecular formula is C13H8F3N3O. The SMILES string of the molecule is COc1ncc(C#N)cc1-c1ccc(C(F)(F)F)cn1. The fourth-order valence-corrected chi connectivity index (χ4v) is 1.58. The van der Waals surface area contributed by atoms with Crippen molar-refractivity contribution >= 4 is 0 Å². The van der Waals surface area contributed by atoms with Crippen LogP contribution >= 0.6 is 0 Å². The molecule has 0 aliphatic rings. The van der Waals surface area contributed by atoms with E-state index in [1.807, 2.05) is 6.07 Å². The smallest absolute Gasteiger partial charge is 0.417 e. The molecule has 0 aliphatic heterocycles. The minimum Gasteiger partial charge on any atom is -0.481 e. The lowest BCUT2D eigenvalue weighted by atomic mass is 10.1. The van der Waals surface area contributed by atoms with Crippen molar-refractivity contribution in [2.75, 3.05) is 7.11 Å². The first-order chi connectivity index (χ1) is 9.45. The van der Waals surface area contributed by atoms with E-state index in [1.165, 1.54) is 25.4 Å². The molecule has 2 heterocycles. The number of hydrogen-bond acceptors (Lipinski definition) is 4. The molecule has 0 bridgehead atoms. The van der Waals surface area contributed by atoms with E-state index in [2.05, 4.69) is 9.97 Å².